The molecule has 0 aliphatic rings. The Morgan fingerprint density at radius 1 is 1.60 bits per heavy atom. The van der Waals surface area contributed by atoms with Crippen molar-refractivity contribution in [3.8, 4) is 0 Å². The molecule has 0 saturated carbocycles. The molecule has 0 aliphatic heterocycles. The van der Waals surface area contributed by atoms with Crippen LogP contribution in [0, 0.1) is 0 Å². The summed E-state index contributed by atoms with van der Waals surface area (Å²) in [6.45, 7) is 0. The number of rotatable bonds is 3. The van der Waals surface area contributed by atoms with E-state index in [1.54, 1.807) is 0 Å². The molecule has 0 aromatic carbocycles. The molecule has 0 N–H and O–H groups in total. The molecule has 0 saturated heterocycles. The number of halogens is 3. The van der Waals surface area contributed by atoms with E-state index in [1.807, 2.05) is 0 Å². The normalized spacial score (nSPS) is 14.8. The molecular weight excluding hydrogens is 149 g/mol. The van der Waals surface area contributed by atoms with Gasteiger partial charge in [0.1, 0.15) is 6.29 Å². The van der Waals surface area contributed by atoms with Crippen molar-refractivity contribution >= 4 is 6.29 Å². The maximum atomic E-state index is 11.6. The molecule has 0 aromatic heterocycles. The third-order valence-corrected chi connectivity index (χ3v) is 0.960. The number of ether oxygens (including phenoxy) is 1. The van der Waals surface area contributed by atoms with E-state index in [2.05, 4.69) is 4.74 Å². The summed E-state index contributed by atoms with van der Waals surface area (Å²) < 4.78 is 38.9. The predicted molar refractivity (Wildman–Crippen MR) is 27.5 cm³/mol. The van der Waals surface area contributed by atoms with Crippen molar-refractivity contribution in [2.75, 3.05) is 7.11 Å². The molecule has 0 aliphatic carbocycles. The lowest BCUT2D eigenvalue weighted by Gasteiger charge is -2.15. The maximum absolute atomic E-state index is 11.6. The minimum Gasteiger partial charge on any atom is -0.372 e. The van der Waals surface area contributed by atoms with E-state index in [4.69, 9.17) is 0 Å². The van der Waals surface area contributed by atoms with E-state index in [-0.39, 0.29) is 6.29 Å². The molecule has 2 nitrogen and oxygen atoms in total. The highest BCUT2D eigenvalue weighted by Gasteiger charge is 2.39. The van der Waals surface area contributed by atoms with Gasteiger partial charge in [-0.05, 0) is 0 Å². The Hall–Kier alpha value is -0.580. The molecule has 0 amide bonds. The third-order valence-electron chi connectivity index (χ3n) is 0.960. The third kappa shape index (κ3) is 2.82. The van der Waals surface area contributed by atoms with Crippen molar-refractivity contribution < 1.29 is 22.7 Å². The van der Waals surface area contributed by atoms with Gasteiger partial charge in [0, 0.05) is 13.5 Å². The Morgan fingerprint density at radius 3 is 2.20 bits per heavy atom. The molecule has 0 radical (unpaired) electrons. The van der Waals surface area contributed by atoms with Crippen molar-refractivity contribution in [1.82, 2.24) is 0 Å². The molecule has 10 heavy (non-hydrogen) atoms. The van der Waals surface area contributed by atoms with Crippen molar-refractivity contribution in [3.63, 3.8) is 0 Å². The van der Waals surface area contributed by atoms with Gasteiger partial charge in [-0.1, -0.05) is 0 Å². The second kappa shape index (κ2) is 3.55. The zero-order chi connectivity index (χ0) is 8.20. The quantitative estimate of drug-likeness (QED) is 0.573. The van der Waals surface area contributed by atoms with Crippen LogP contribution in [0.1, 0.15) is 6.42 Å². The van der Waals surface area contributed by atoms with Gasteiger partial charge in [-0.15, -0.1) is 0 Å². The van der Waals surface area contributed by atoms with Gasteiger partial charge < -0.3 is 9.53 Å². The first kappa shape index (κ1) is 9.42. The summed E-state index contributed by atoms with van der Waals surface area (Å²) in [5.74, 6) is 0. The van der Waals surface area contributed by atoms with Gasteiger partial charge in [0.05, 0.1) is 0 Å². The summed E-state index contributed by atoms with van der Waals surface area (Å²) in [6, 6.07) is 0. The first-order valence-electron chi connectivity index (χ1n) is 2.55. The number of methoxy groups -OCH3 is 1. The van der Waals surface area contributed by atoms with Crippen LogP contribution in [0.15, 0.2) is 0 Å². The highest BCUT2D eigenvalue weighted by molar-refractivity contribution is 5.50. The average Bonchev–Trinajstić information content (AvgIpc) is 1.80. The topological polar surface area (TPSA) is 26.3 Å². The Morgan fingerprint density at radius 2 is 2.10 bits per heavy atom. The molecule has 0 rings (SSSR count). The van der Waals surface area contributed by atoms with Gasteiger partial charge in [0.25, 0.3) is 0 Å². The van der Waals surface area contributed by atoms with E-state index in [0.717, 1.165) is 7.11 Å². The van der Waals surface area contributed by atoms with Crippen molar-refractivity contribution in [2.24, 2.45) is 0 Å². The van der Waals surface area contributed by atoms with Gasteiger partial charge in [-0.25, -0.2) is 0 Å². The molecule has 5 heteroatoms. The van der Waals surface area contributed by atoms with E-state index in [9.17, 15) is 18.0 Å². The second-order valence-corrected chi connectivity index (χ2v) is 1.67. The van der Waals surface area contributed by atoms with Gasteiger partial charge in [0.15, 0.2) is 6.10 Å². The zero-order valence-electron chi connectivity index (χ0n) is 5.31. The minimum atomic E-state index is -4.43. The van der Waals surface area contributed by atoms with Gasteiger partial charge in [0.2, 0.25) is 0 Å². The molecule has 0 bridgehead atoms. The lowest BCUT2D eigenvalue weighted by atomic mass is 10.3. The number of alkyl halides is 3. The fourth-order valence-corrected chi connectivity index (χ4v) is 0.451. The lowest BCUT2D eigenvalue weighted by Crippen LogP contribution is -2.30. The number of carbonyl (C=O) groups is 1. The molecule has 0 fully saturated rings. The molecule has 1 atom stereocenters. The molecular formula is C5H7F3O2. The maximum Gasteiger partial charge on any atom is 0.415 e. The van der Waals surface area contributed by atoms with E-state index in [1.165, 1.54) is 0 Å². The summed E-state index contributed by atoms with van der Waals surface area (Å²) >= 11 is 0. The van der Waals surface area contributed by atoms with Crippen LogP contribution in [0.4, 0.5) is 13.2 Å². The Labute approximate surface area is 56.0 Å². The first-order valence-corrected chi connectivity index (χ1v) is 2.55. The monoisotopic (exact) mass is 156 g/mol. The van der Waals surface area contributed by atoms with E-state index in [0.29, 0.717) is 0 Å². The summed E-state index contributed by atoms with van der Waals surface area (Å²) in [6.07, 6.45) is -6.85. The van der Waals surface area contributed by atoms with Crippen LogP contribution in [0.5, 0.6) is 0 Å². The number of hydrogen-bond acceptors (Lipinski definition) is 2. The van der Waals surface area contributed by atoms with Gasteiger partial charge >= 0.3 is 6.18 Å². The van der Waals surface area contributed by atoms with Crippen LogP contribution in [0.2, 0.25) is 0 Å². The molecule has 0 aromatic rings. The van der Waals surface area contributed by atoms with Crippen molar-refractivity contribution in [3.05, 3.63) is 0 Å². The average molecular weight is 156 g/mol. The van der Waals surface area contributed by atoms with Gasteiger partial charge in [-0.2, -0.15) is 13.2 Å². The molecule has 0 spiro atoms. The van der Waals surface area contributed by atoms with Crippen LogP contribution in [0.25, 0.3) is 0 Å². The second-order valence-electron chi connectivity index (χ2n) is 1.67. The fraction of sp³-hybridized carbons (Fsp3) is 0.800. The molecule has 1 unspecified atom stereocenters. The highest BCUT2D eigenvalue weighted by Crippen LogP contribution is 2.23. The zero-order valence-corrected chi connectivity index (χ0v) is 5.31. The first-order chi connectivity index (χ1) is 4.52. The van der Waals surface area contributed by atoms with Crippen LogP contribution >= 0.6 is 0 Å². The predicted octanol–water partition coefficient (Wildman–Crippen LogP) is 1.15. The van der Waals surface area contributed by atoms with Crippen LogP contribution in [-0.2, 0) is 9.53 Å². The van der Waals surface area contributed by atoms with Crippen LogP contribution < -0.4 is 0 Å². The fourth-order valence-electron chi connectivity index (χ4n) is 0.451. The molecule has 60 valence electrons. The Kier molecular flexibility index (Phi) is 3.35. The summed E-state index contributed by atoms with van der Waals surface area (Å²) in [5, 5.41) is 0. The van der Waals surface area contributed by atoms with Crippen molar-refractivity contribution in [1.29, 1.82) is 0 Å². The number of aldehydes is 1. The van der Waals surface area contributed by atoms with Crippen LogP contribution in [-0.4, -0.2) is 25.7 Å². The standard InChI is InChI=1S/C5H7F3O2/c1-10-4(2-3-9)5(6,7)8/h3-4H,2H2,1H3. The Bertz CT molecular complexity index is 110. The van der Waals surface area contributed by atoms with E-state index < -0.39 is 18.7 Å². The summed E-state index contributed by atoms with van der Waals surface area (Å²) in [4.78, 5) is 9.64. The van der Waals surface area contributed by atoms with Gasteiger partial charge in [-0.3, -0.25) is 0 Å². The summed E-state index contributed by atoms with van der Waals surface area (Å²) in [5.41, 5.74) is 0. The SMILES string of the molecule is COC(CC=O)C(F)(F)F. The number of hydrogen-bond donors (Lipinski definition) is 0. The Balaban J connectivity index is 3.92. The minimum absolute atomic E-state index is 0.182. The largest absolute Gasteiger partial charge is 0.415 e. The van der Waals surface area contributed by atoms with E-state index >= 15 is 0 Å². The lowest BCUT2D eigenvalue weighted by molar-refractivity contribution is -0.212. The van der Waals surface area contributed by atoms with Crippen molar-refractivity contribution in [2.45, 2.75) is 18.7 Å². The smallest absolute Gasteiger partial charge is 0.372 e. The highest BCUT2D eigenvalue weighted by atomic mass is 19.4. The number of carbonyl (C=O) groups excluding carboxylic acids is 1. The summed E-state index contributed by atoms with van der Waals surface area (Å²) in [7, 11) is 0.918. The molecule has 0 heterocycles. The van der Waals surface area contributed by atoms with Crippen LogP contribution in [0.3, 0.4) is 0 Å².